The molecule has 1 heterocycles. The zero-order valence-corrected chi connectivity index (χ0v) is 12.1. The number of anilines is 1. The summed E-state index contributed by atoms with van der Waals surface area (Å²) in [6.45, 7) is 2.77. The summed E-state index contributed by atoms with van der Waals surface area (Å²) in [5.74, 6) is 1.44. The third-order valence-corrected chi connectivity index (χ3v) is 4.03. The molecule has 0 saturated heterocycles. The van der Waals surface area contributed by atoms with Crippen LogP contribution in [0.2, 0.25) is 0 Å². The maximum absolute atomic E-state index is 11.0. The van der Waals surface area contributed by atoms with E-state index in [2.05, 4.69) is 9.97 Å². The average Bonchev–Trinajstić information content (AvgIpc) is 2.24. The molecule has 1 aromatic rings. The zero-order chi connectivity index (χ0) is 13.6. The summed E-state index contributed by atoms with van der Waals surface area (Å²) >= 11 is 1.34. The molecule has 0 atom stereocenters. The molecule has 0 saturated carbocycles. The van der Waals surface area contributed by atoms with Crippen LogP contribution in [0.1, 0.15) is 12.7 Å². The highest BCUT2D eigenvalue weighted by molar-refractivity contribution is 8.00. The smallest absolute Gasteiger partial charge is 0.157 e. The Labute approximate surface area is 111 Å². The fraction of sp³-hybridized carbons (Fsp3) is 0.600. The number of nitrogens with two attached hydrogens (primary N) is 1. The fourth-order valence-corrected chi connectivity index (χ4v) is 3.25. The van der Waals surface area contributed by atoms with Crippen LogP contribution in [-0.2, 0) is 21.2 Å². The molecule has 8 heteroatoms. The Kier molecular flexibility index (Phi) is 5.83. The van der Waals surface area contributed by atoms with Gasteiger partial charge >= 0.3 is 0 Å². The van der Waals surface area contributed by atoms with Crippen LogP contribution < -0.4 is 5.73 Å². The van der Waals surface area contributed by atoms with Crippen LogP contribution >= 0.6 is 11.8 Å². The van der Waals surface area contributed by atoms with E-state index in [4.69, 9.17) is 10.5 Å². The maximum Gasteiger partial charge on any atom is 0.157 e. The molecule has 6 nitrogen and oxygen atoms in total. The molecule has 2 N–H and O–H groups in total. The van der Waals surface area contributed by atoms with Gasteiger partial charge < -0.3 is 10.5 Å². The lowest BCUT2D eigenvalue weighted by Crippen LogP contribution is -2.06. The topological polar surface area (TPSA) is 95.2 Å². The van der Waals surface area contributed by atoms with E-state index in [1.807, 2.05) is 6.92 Å². The molecular weight excluding hydrogens is 274 g/mol. The lowest BCUT2D eigenvalue weighted by atomic mass is 10.5. The molecule has 0 bridgehead atoms. The maximum atomic E-state index is 11.0. The van der Waals surface area contributed by atoms with Gasteiger partial charge in [-0.15, -0.1) is 11.8 Å². The molecule has 0 amide bonds. The number of nitrogens with zero attached hydrogens (tertiary/aromatic N) is 2. The van der Waals surface area contributed by atoms with Gasteiger partial charge in [0, 0.05) is 24.7 Å². The first-order chi connectivity index (χ1) is 8.40. The van der Waals surface area contributed by atoms with E-state index in [-0.39, 0.29) is 5.75 Å². The van der Waals surface area contributed by atoms with Gasteiger partial charge in [0.25, 0.3) is 0 Å². The summed E-state index contributed by atoms with van der Waals surface area (Å²) in [5.41, 5.74) is 5.65. The molecule has 18 heavy (non-hydrogen) atoms. The summed E-state index contributed by atoms with van der Waals surface area (Å²) < 4.78 is 27.2. The Morgan fingerprint density at radius 2 is 2.17 bits per heavy atom. The van der Waals surface area contributed by atoms with Crippen LogP contribution in [0.15, 0.2) is 11.1 Å². The van der Waals surface area contributed by atoms with Gasteiger partial charge in [0.2, 0.25) is 0 Å². The number of nitrogen functional groups attached to an aromatic ring is 1. The Hall–Kier alpha value is -0.860. The third-order valence-electron chi connectivity index (χ3n) is 1.91. The van der Waals surface area contributed by atoms with Crippen molar-refractivity contribution in [1.82, 2.24) is 9.97 Å². The largest absolute Gasteiger partial charge is 0.384 e. The van der Waals surface area contributed by atoms with Crippen molar-refractivity contribution in [3.63, 3.8) is 0 Å². The van der Waals surface area contributed by atoms with Crippen molar-refractivity contribution in [3.05, 3.63) is 11.9 Å². The quantitative estimate of drug-likeness (QED) is 0.584. The van der Waals surface area contributed by atoms with Crippen LogP contribution in [0.5, 0.6) is 0 Å². The number of thioether (sulfide) groups is 1. The lowest BCUT2D eigenvalue weighted by Gasteiger charge is -2.05. The van der Waals surface area contributed by atoms with Crippen LogP contribution in [0.4, 0.5) is 5.82 Å². The molecular formula is C10H17N3O3S2. The number of rotatable bonds is 7. The van der Waals surface area contributed by atoms with Gasteiger partial charge in [0.1, 0.15) is 27.3 Å². The van der Waals surface area contributed by atoms with Crippen molar-refractivity contribution in [2.45, 2.75) is 18.6 Å². The van der Waals surface area contributed by atoms with Crippen LogP contribution in [0.3, 0.4) is 0 Å². The van der Waals surface area contributed by atoms with E-state index in [1.165, 1.54) is 18.0 Å². The Bertz CT molecular complexity index is 491. The second-order valence-corrected chi connectivity index (χ2v) is 7.04. The number of sulfone groups is 1. The summed E-state index contributed by atoms with van der Waals surface area (Å²) in [5, 5.41) is 0.667. The van der Waals surface area contributed by atoms with E-state index in [9.17, 15) is 8.42 Å². The highest BCUT2D eigenvalue weighted by Gasteiger charge is 2.06. The summed E-state index contributed by atoms with van der Waals surface area (Å²) in [4.78, 5) is 8.28. The van der Waals surface area contributed by atoms with Gasteiger partial charge in [0.05, 0.1) is 5.75 Å². The van der Waals surface area contributed by atoms with Gasteiger partial charge in [-0.3, -0.25) is 0 Å². The molecule has 1 rings (SSSR count). The minimum absolute atomic E-state index is 0.113. The standard InChI is InChI=1S/C10H17N3O3S2/c1-3-16-7-9-12-8(11)6-10(13-9)17-4-5-18(2,14)15/h6H,3-5,7H2,1-2H3,(H2,11,12,13). The number of hydrogen-bond acceptors (Lipinski definition) is 7. The highest BCUT2D eigenvalue weighted by Crippen LogP contribution is 2.17. The zero-order valence-electron chi connectivity index (χ0n) is 10.4. The summed E-state index contributed by atoms with van der Waals surface area (Å²) in [7, 11) is -2.95. The van der Waals surface area contributed by atoms with Gasteiger partial charge in [-0.2, -0.15) is 0 Å². The molecule has 0 aliphatic rings. The molecule has 0 aromatic carbocycles. The van der Waals surface area contributed by atoms with Gasteiger partial charge in [-0.1, -0.05) is 0 Å². The van der Waals surface area contributed by atoms with Crippen LogP contribution in [0.25, 0.3) is 0 Å². The van der Waals surface area contributed by atoms with E-state index in [1.54, 1.807) is 6.07 Å². The number of aromatic nitrogens is 2. The normalized spacial score (nSPS) is 11.7. The van der Waals surface area contributed by atoms with E-state index < -0.39 is 9.84 Å². The SMILES string of the molecule is CCOCc1nc(N)cc(SCCS(C)(=O)=O)n1. The van der Waals surface area contributed by atoms with E-state index in [0.29, 0.717) is 35.6 Å². The van der Waals surface area contributed by atoms with Crippen molar-refractivity contribution in [3.8, 4) is 0 Å². The Balaban J connectivity index is 2.62. The Morgan fingerprint density at radius 3 is 2.78 bits per heavy atom. The fourth-order valence-electron chi connectivity index (χ4n) is 1.12. The molecule has 102 valence electrons. The van der Waals surface area contributed by atoms with Crippen molar-refractivity contribution in [2.75, 3.05) is 30.1 Å². The molecule has 0 aliphatic heterocycles. The first-order valence-electron chi connectivity index (χ1n) is 5.42. The molecule has 0 fully saturated rings. The predicted octanol–water partition coefficient (Wildman–Crippen LogP) is 0.732. The molecule has 0 radical (unpaired) electrons. The van der Waals surface area contributed by atoms with Gasteiger partial charge in [-0.25, -0.2) is 18.4 Å². The minimum atomic E-state index is -2.95. The average molecular weight is 291 g/mol. The van der Waals surface area contributed by atoms with Crippen molar-refractivity contribution < 1.29 is 13.2 Å². The van der Waals surface area contributed by atoms with Crippen molar-refractivity contribution in [1.29, 1.82) is 0 Å². The monoisotopic (exact) mass is 291 g/mol. The third kappa shape index (κ3) is 6.18. The highest BCUT2D eigenvalue weighted by atomic mass is 32.2. The lowest BCUT2D eigenvalue weighted by molar-refractivity contribution is 0.128. The summed E-state index contributed by atoms with van der Waals surface area (Å²) in [6.07, 6.45) is 1.21. The second-order valence-electron chi connectivity index (χ2n) is 3.66. The van der Waals surface area contributed by atoms with Gasteiger partial charge in [-0.05, 0) is 6.92 Å². The van der Waals surface area contributed by atoms with E-state index in [0.717, 1.165) is 0 Å². The van der Waals surface area contributed by atoms with E-state index >= 15 is 0 Å². The van der Waals surface area contributed by atoms with Crippen LogP contribution in [-0.4, -0.2) is 42.8 Å². The molecule has 0 spiro atoms. The van der Waals surface area contributed by atoms with Gasteiger partial charge in [0.15, 0.2) is 5.82 Å². The van der Waals surface area contributed by atoms with Crippen LogP contribution in [0, 0.1) is 0 Å². The Morgan fingerprint density at radius 1 is 1.44 bits per heavy atom. The predicted molar refractivity (Wildman–Crippen MR) is 72.2 cm³/mol. The first-order valence-corrected chi connectivity index (χ1v) is 8.47. The van der Waals surface area contributed by atoms with Crippen molar-refractivity contribution >= 4 is 27.4 Å². The molecule has 0 unspecified atom stereocenters. The molecule has 0 aliphatic carbocycles. The number of ether oxygens (including phenoxy) is 1. The molecule has 1 aromatic heterocycles. The second kappa shape index (κ2) is 6.91. The minimum Gasteiger partial charge on any atom is -0.384 e. The number of hydrogen-bond donors (Lipinski definition) is 1. The first kappa shape index (κ1) is 15.2. The summed E-state index contributed by atoms with van der Waals surface area (Å²) in [6, 6.07) is 1.63. The van der Waals surface area contributed by atoms with Crippen molar-refractivity contribution in [2.24, 2.45) is 0 Å².